The third-order valence-corrected chi connectivity index (χ3v) is 10.9. The van der Waals surface area contributed by atoms with Crippen molar-refractivity contribution in [2.24, 2.45) is 0 Å². The second-order valence-electron chi connectivity index (χ2n) is 13.3. The van der Waals surface area contributed by atoms with Crippen molar-refractivity contribution in [3.8, 4) is 51.2 Å². The lowest BCUT2D eigenvalue weighted by Crippen LogP contribution is -2.33. The summed E-state index contributed by atoms with van der Waals surface area (Å²) in [5, 5.41) is 21.1. The third kappa shape index (κ3) is 7.00. The van der Waals surface area contributed by atoms with Crippen molar-refractivity contribution in [2.75, 3.05) is 27.8 Å². The Morgan fingerprint density at radius 1 is 0.683 bits per heavy atom. The van der Waals surface area contributed by atoms with E-state index >= 15 is 0 Å². The molecule has 9 rings (SSSR count). The zero-order valence-electron chi connectivity index (χ0n) is 31.1. The summed E-state index contributed by atoms with van der Waals surface area (Å²) in [5.74, 6) is -0.290. The number of rotatable bonds is 7. The molecule has 1 aliphatic carbocycles. The van der Waals surface area contributed by atoms with E-state index < -0.39 is 23.0 Å². The topological polar surface area (TPSA) is 160 Å². The quantitative estimate of drug-likeness (QED) is 0.0887. The molecule has 0 atom stereocenters. The number of methoxy groups -OCH3 is 2. The van der Waals surface area contributed by atoms with E-state index in [9.17, 15) is 24.6 Å². The molecular weight excluding hydrogens is 862 g/mol. The summed E-state index contributed by atoms with van der Waals surface area (Å²) >= 11 is 24.9. The average Bonchev–Trinajstić information content (AvgIpc) is 3.53. The molecule has 0 saturated heterocycles. The molecule has 0 fully saturated rings. The van der Waals surface area contributed by atoms with Crippen LogP contribution < -0.4 is 14.9 Å². The van der Waals surface area contributed by atoms with Crippen LogP contribution in [0.25, 0.3) is 33.4 Å². The predicted molar refractivity (Wildman–Crippen MR) is 222 cm³/mol. The van der Waals surface area contributed by atoms with Crippen molar-refractivity contribution in [3.05, 3.63) is 155 Å². The fourth-order valence-corrected chi connectivity index (χ4v) is 7.88. The molecule has 0 aromatic heterocycles. The van der Waals surface area contributed by atoms with Crippen molar-refractivity contribution in [3.63, 3.8) is 0 Å². The SMILES string of the molecule is COCOC(=O)c1ccccc1-c1c2cc(Cl)c(=O)cc-2oc2cc(OCOC)c(Cl)cc12.O=C1OC2(c3cc(Cl)c(O)cc3Oc3cc(O)c(Cl)cc32)c2ccccc21. The summed E-state index contributed by atoms with van der Waals surface area (Å²) in [6.45, 7) is -0.212. The van der Waals surface area contributed by atoms with Crippen molar-refractivity contribution in [1.82, 2.24) is 0 Å². The van der Waals surface area contributed by atoms with Gasteiger partial charge in [0.2, 0.25) is 5.43 Å². The van der Waals surface area contributed by atoms with Gasteiger partial charge in [-0.05, 0) is 42.0 Å². The van der Waals surface area contributed by atoms with E-state index in [1.165, 1.54) is 50.6 Å². The smallest absolute Gasteiger partial charge is 0.340 e. The van der Waals surface area contributed by atoms with E-state index in [0.29, 0.717) is 66.2 Å². The average molecular weight is 891 g/mol. The normalized spacial score (nSPS) is 13.1. The van der Waals surface area contributed by atoms with Crippen LogP contribution in [0.2, 0.25) is 20.1 Å². The van der Waals surface area contributed by atoms with E-state index in [4.69, 9.17) is 79.2 Å². The number of aromatic hydroxyl groups is 2. The molecular formula is C44H28Cl4O12. The van der Waals surface area contributed by atoms with E-state index in [-0.39, 0.29) is 57.4 Å². The van der Waals surface area contributed by atoms with Gasteiger partial charge in [-0.15, -0.1) is 0 Å². The highest BCUT2D eigenvalue weighted by Crippen LogP contribution is 2.58. The first kappa shape index (κ1) is 40.8. The van der Waals surface area contributed by atoms with Crippen molar-refractivity contribution in [2.45, 2.75) is 5.60 Å². The van der Waals surface area contributed by atoms with Gasteiger partial charge in [-0.2, -0.15) is 0 Å². The molecule has 12 nitrogen and oxygen atoms in total. The van der Waals surface area contributed by atoms with Crippen molar-refractivity contribution >= 4 is 69.3 Å². The third-order valence-electron chi connectivity index (χ3n) is 9.73. The lowest BCUT2D eigenvalue weighted by molar-refractivity contribution is -0.0124. The molecule has 0 unspecified atom stereocenters. The van der Waals surface area contributed by atoms with Crippen LogP contribution in [0.5, 0.6) is 28.7 Å². The maximum absolute atomic E-state index is 12.8. The number of hydrogen-bond acceptors (Lipinski definition) is 12. The maximum atomic E-state index is 12.8. The van der Waals surface area contributed by atoms with Gasteiger partial charge >= 0.3 is 11.9 Å². The monoisotopic (exact) mass is 888 g/mol. The number of hydrogen-bond donors (Lipinski definition) is 2. The summed E-state index contributed by atoms with van der Waals surface area (Å²) in [6.07, 6.45) is 0. The Morgan fingerprint density at radius 3 is 1.98 bits per heavy atom. The molecule has 60 heavy (non-hydrogen) atoms. The maximum Gasteiger partial charge on any atom is 0.340 e. The van der Waals surface area contributed by atoms with Gasteiger partial charge < -0.3 is 43.1 Å². The standard InChI is InChI=1S/C24H18Cl2O7.C20H10Cl2O5/c1-29-11-31-22-10-21-16(8-18(22)26)23(15-7-17(25)19(27)9-20(15)33-21)13-5-3-4-6-14(13)24(28)32-12-30-2;21-13-5-11-17(7-15(13)23)26-18-8-16(24)14(22)6-12(18)20(11)10-4-2-1-3-9(10)19(25)27-20/h3-10H,11-12H2,1-2H3;1-8,23-24H. The molecule has 0 saturated carbocycles. The molecule has 3 heterocycles. The number of halogens is 4. The van der Waals surface area contributed by atoms with Gasteiger partial charge in [-0.1, -0.05) is 82.8 Å². The first-order valence-corrected chi connectivity index (χ1v) is 19.2. The largest absolute Gasteiger partial charge is 0.506 e. The zero-order valence-corrected chi connectivity index (χ0v) is 34.2. The highest BCUT2D eigenvalue weighted by atomic mass is 35.5. The van der Waals surface area contributed by atoms with Gasteiger partial charge in [0, 0.05) is 71.7 Å². The molecule has 0 amide bonds. The van der Waals surface area contributed by atoms with Gasteiger partial charge in [-0.3, -0.25) is 4.79 Å². The van der Waals surface area contributed by atoms with Crippen LogP contribution in [0.4, 0.5) is 0 Å². The fraction of sp³-hybridized carbons (Fsp3) is 0.114. The molecule has 4 aliphatic rings. The van der Waals surface area contributed by atoms with Gasteiger partial charge in [0.1, 0.15) is 40.1 Å². The Balaban J connectivity index is 0.000000169. The van der Waals surface area contributed by atoms with Crippen LogP contribution in [-0.4, -0.2) is 50.0 Å². The van der Waals surface area contributed by atoms with Gasteiger partial charge in [0.25, 0.3) is 0 Å². The second kappa shape index (κ2) is 16.2. The van der Waals surface area contributed by atoms with Gasteiger partial charge in [0.15, 0.2) is 19.2 Å². The van der Waals surface area contributed by atoms with Crippen LogP contribution in [0.1, 0.15) is 37.4 Å². The number of ether oxygens (including phenoxy) is 6. The molecule has 0 radical (unpaired) electrons. The second-order valence-corrected chi connectivity index (χ2v) is 14.9. The first-order valence-electron chi connectivity index (χ1n) is 17.7. The predicted octanol–water partition coefficient (Wildman–Crippen LogP) is 10.6. The Kier molecular flexibility index (Phi) is 11.0. The molecule has 304 valence electrons. The van der Waals surface area contributed by atoms with E-state index in [1.807, 2.05) is 0 Å². The Morgan fingerprint density at radius 2 is 1.32 bits per heavy atom. The summed E-state index contributed by atoms with van der Waals surface area (Å²) in [7, 11) is 2.91. The molecule has 16 heteroatoms. The zero-order chi connectivity index (χ0) is 42.5. The highest BCUT2D eigenvalue weighted by molar-refractivity contribution is 6.34. The number of fused-ring (bicyclic) bond motifs is 8. The number of benzene rings is 6. The number of phenolic OH excluding ortho intramolecular Hbond substituents is 2. The number of carbonyl (C=O) groups excluding carboxylic acids is 2. The molecule has 5 aromatic rings. The summed E-state index contributed by atoms with van der Waals surface area (Å²) in [4.78, 5) is 37.6. The van der Waals surface area contributed by atoms with Crippen LogP contribution >= 0.6 is 46.4 Å². The number of phenols is 2. The first-order chi connectivity index (χ1) is 28.9. The van der Waals surface area contributed by atoms with E-state index in [2.05, 4.69) is 0 Å². The Hall–Kier alpha value is -5.99. The summed E-state index contributed by atoms with van der Waals surface area (Å²) in [6, 6.07) is 25.7. The minimum absolute atomic E-state index is 0.0137. The van der Waals surface area contributed by atoms with Crippen LogP contribution in [0.15, 0.2) is 106 Å². The summed E-state index contributed by atoms with van der Waals surface area (Å²) in [5.41, 5.74) is 2.52. The van der Waals surface area contributed by atoms with Crippen LogP contribution in [0, 0.1) is 0 Å². The van der Waals surface area contributed by atoms with Gasteiger partial charge in [-0.25, -0.2) is 9.59 Å². The molecule has 3 aliphatic heterocycles. The van der Waals surface area contributed by atoms with E-state index in [0.717, 1.165) is 0 Å². The fourth-order valence-electron chi connectivity index (χ4n) is 7.17. The number of esters is 2. The molecule has 0 bridgehead atoms. The lowest BCUT2D eigenvalue weighted by Gasteiger charge is -2.36. The minimum Gasteiger partial charge on any atom is -0.506 e. The summed E-state index contributed by atoms with van der Waals surface area (Å²) < 4.78 is 38.3. The molecule has 1 spiro atoms. The molecule has 2 N–H and O–H groups in total. The van der Waals surface area contributed by atoms with Crippen molar-refractivity contribution < 1.29 is 52.6 Å². The van der Waals surface area contributed by atoms with Crippen molar-refractivity contribution in [1.29, 1.82) is 0 Å². The van der Waals surface area contributed by atoms with Crippen LogP contribution in [-0.2, 0) is 24.5 Å². The van der Waals surface area contributed by atoms with Gasteiger partial charge in [0.05, 0.1) is 31.2 Å². The Labute approximate surface area is 360 Å². The molecule has 5 aromatic carbocycles. The number of carbonyl (C=O) groups is 2. The highest BCUT2D eigenvalue weighted by Gasteiger charge is 2.54. The van der Waals surface area contributed by atoms with Crippen LogP contribution in [0.3, 0.4) is 0 Å². The van der Waals surface area contributed by atoms with E-state index in [1.54, 1.807) is 60.7 Å². The lowest BCUT2D eigenvalue weighted by atomic mass is 9.77. The minimum atomic E-state index is -1.36. The Bertz CT molecular complexity index is 2850.